The van der Waals surface area contributed by atoms with Crippen molar-refractivity contribution in [1.29, 1.82) is 0 Å². The maximum absolute atomic E-state index is 12.2. The maximum atomic E-state index is 12.2. The monoisotopic (exact) mass is 312 g/mol. The highest BCUT2D eigenvalue weighted by Gasteiger charge is 2.14. The van der Waals surface area contributed by atoms with E-state index < -0.39 is 0 Å². The van der Waals surface area contributed by atoms with E-state index in [2.05, 4.69) is 5.32 Å². The molecule has 0 aliphatic carbocycles. The van der Waals surface area contributed by atoms with Crippen LogP contribution in [0, 0.1) is 0 Å². The van der Waals surface area contributed by atoms with Crippen molar-refractivity contribution in [2.45, 2.75) is 39.5 Å². The predicted molar refractivity (Wildman–Crippen MR) is 92.3 cm³/mol. The van der Waals surface area contributed by atoms with Gasteiger partial charge in [0.15, 0.2) is 0 Å². The molecule has 0 radical (unpaired) electrons. The number of benzene rings is 2. The van der Waals surface area contributed by atoms with Gasteiger partial charge in [0.05, 0.1) is 0 Å². The lowest BCUT2D eigenvalue weighted by molar-refractivity contribution is 0.0949. The zero-order valence-corrected chi connectivity index (χ0v) is 13.9. The molecule has 0 aromatic heterocycles. The van der Waals surface area contributed by atoms with Gasteiger partial charge in [-0.1, -0.05) is 30.3 Å². The topological polar surface area (TPSA) is 64.3 Å². The van der Waals surface area contributed by atoms with Crippen LogP contribution in [0.3, 0.4) is 0 Å². The summed E-state index contributed by atoms with van der Waals surface area (Å²) < 4.78 is 5.94. The Morgan fingerprint density at radius 3 is 2.35 bits per heavy atom. The fourth-order valence-electron chi connectivity index (χ4n) is 2.15. The number of hydrogen-bond acceptors (Lipinski definition) is 3. The molecule has 4 heteroatoms. The lowest BCUT2D eigenvalue weighted by Crippen LogP contribution is -2.26. The van der Waals surface area contributed by atoms with Gasteiger partial charge in [0.2, 0.25) is 0 Å². The van der Waals surface area contributed by atoms with Crippen LogP contribution < -0.4 is 15.8 Å². The summed E-state index contributed by atoms with van der Waals surface area (Å²) in [6.45, 7) is 6.90. The molecule has 0 fully saturated rings. The second-order valence-electron chi connectivity index (χ2n) is 6.41. The highest BCUT2D eigenvalue weighted by atomic mass is 16.5. The van der Waals surface area contributed by atoms with Crippen molar-refractivity contribution in [3.63, 3.8) is 0 Å². The maximum Gasteiger partial charge on any atom is 0.251 e. The predicted octanol–water partition coefficient (Wildman–Crippen LogP) is 3.25. The first-order valence-electron chi connectivity index (χ1n) is 7.73. The van der Waals surface area contributed by atoms with Crippen LogP contribution in [-0.2, 0) is 13.1 Å². The minimum atomic E-state index is -0.280. The number of nitrogens with one attached hydrogen (secondary N) is 1. The van der Waals surface area contributed by atoms with Crippen LogP contribution in [0.15, 0.2) is 48.5 Å². The number of ether oxygens (including phenoxy) is 1. The molecule has 2 rings (SSSR count). The molecular formula is C19H24N2O2. The molecule has 0 saturated carbocycles. The molecule has 3 N–H and O–H groups in total. The van der Waals surface area contributed by atoms with Crippen molar-refractivity contribution in [2.24, 2.45) is 5.73 Å². The van der Waals surface area contributed by atoms with Crippen LogP contribution in [0.2, 0.25) is 0 Å². The Bertz CT molecular complexity index is 658. The van der Waals surface area contributed by atoms with E-state index in [0.29, 0.717) is 18.7 Å². The van der Waals surface area contributed by atoms with Gasteiger partial charge in [-0.15, -0.1) is 0 Å². The van der Waals surface area contributed by atoms with Crippen molar-refractivity contribution < 1.29 is 9.53 Å². The lowest BCUT2D eigenvalue weighted by atomic mass is 10.1. The van der Waals surface area contributed by atoms with Crippen molar-refractivity contribution in [3.05, 3.63) is 65.2 Å². The van der Waals surface area contributed by atoms with Gasteiger partial charge in [0.1, 0.15) is 11.4 Å². The summed E-state index contributed by atoms with van der Waals surface area (Å²) in [5, 5.41) is 2.93. The van der Waals surface area contributed by atoms with E-state index in [0.717, 1.165) is 16.9 Å². The molecule has 0 atom stereocenters. The number of hydrogen-bond donors (Lipinski definition) is 2. The molecule has 2 aromatic rings. The molecule has 4 nitrogen and oxygen atoms in total. The van der Waals surface area contributed by atoms with Crippen LogP contribution in [0.4, 0.5) is 0 Å². The fourth-order valence-corrected chi connectivity index (χ4v) is 2.15. The molecule has 0 saturated heterocycles. The second-order valence-corrected chi connectivity index (χ2v) is 6.41. The Morgan fingerprint density at radius 1 is 1.09 bits per heavy atom. The Balaban J connectivity index is 2.04. The van der Waals surface area contributed by atoms with E-state index >= 15 is 0 Å². The zero-order chi connectivity index (χ0) is 16.9. The van der Waals surface area contributed by atoms with E-state index in [1.54, 1.807) is 12.1 Å². The minimum Gasteiger partial charge on any atom is -0.488 e. The number of carbonyl (C=O) groups excluding carboxylic acids is 1. The Kier molecular flexibility index (Phi) is 5.40. The molecule has 0 aliphatic heterocycles. The highest BCUT2D eigenvalue weighted by Crippen LogP contribution is 2.22. The molecule has 122 valence electrons. The van der Waals surface area contributed by atoms with Gasteiger partial charge in [-0.25, -0.2) is 0 Å². The molecule has 0 heterocycles. The lowest BCUT2D eigenvalue weighted by Gasteiger charge is -2.23. The van der Waals surface area contributed by atoms with Crippen molar-refractivity contribution in [1.82, 2.24) is 5.32 Å². The number of carbonyl (C=O) groups is 1. The van der Waals surface area contributed by atoms with Crippen LogP contribution in [0.1, 0.15) is 42.3 Å². The van der Waals surface area contributed by atoms with E-state index in [1.165, 1.54) is 0 Å². The van der Waals surface area contributed by atoms with Crippen molar-refractivity contribution in [2.75, 3.05) is 0 Å². The zero-order valence-electron chi connectivity index (χ0n) is 13.9. The first kappa shape index (κ1) is 17.0. The average Bonchev–Trinajstić information content (AvgIpc) is 2.52. The van der Waals surface area contributed by atoms with E-state index in [1.807, 2.05) is 57.2 Å². The number of rotatable bonds is 5. The van der Waals surface area contributed by atoms with Crippen LogP contribution >= 0.6 is 0 Å². The molecule has 23 heavy (non-hydrogen) atoms. The third kappa shape index (κ3) is 5.11. The van der Waals surface area contributed by atoms with Gasteiger partial charge < -0.3 is 15.8 Å². The minimum absolute atomic E-state index is 0.112. The van der Waals surface area contributed by atoms with Crippen LogP contribution in [0.25, 0.3) is 0 Å². The first-order chi connectivity index (χ1) is 10.9. The highest BCUT2D eigenvalue weighted by molar-refractivity contribution is 5.94. The SMILES string of the molecule is CC(C)(C)Oc1ccccc1CNC(=O)c1ccc(CN)cc1. The fraction of sp³-hybridized carbons (Fsp3) is 0.316. The Morgan fingerprint density at radius 2 is 1.74 bits per heavy atom. The normalized spacial score (nSPS) is 11.1. The molecule has 0 aliphatic rings. The van der Waals surface area contributed by atoms with Gasteiger partial charge in [0, 0.05) is 24.2 Å². The quantitative estimate of drug-likeness (QED) is 0.890. The molecular weight excluding hydrogens is 288 g/mol. The van der Waals surface area contributed by atoms with Crippen LogP contribution in [0.5, 0.6) is 5.75 Å². The summed E-state index contributed by atoms with van der Waals surface area (Å²) >= 11 is 0. The average molecular weight is 312 g/mol. The summed E-state index contributed by atoms with van der Waals surface area (Å²) in [6, 6.07) is 15.0. The summed E-state index contributed by atoms with van der Waals surface area (Å²) in [5.41, 5.74) is 7.86. The number of nitrogens with two attached hydrogens (primary N) is 1. The first-order valence-corrected chi connectivity index (χ1v) is 7.73. The van der Waals surface area contributed by atoms with Crippen molar-refractivity contribution >= 4 is 5.91 Å². The third-order valence-corrected chi connectivity index (χ3v) is 3.28. The molecule has 1 amide bonds. The second kappa shape index (κ2) is 7.29. The van der Waals surface area contributed by atoms with Gasteiger partial charge in [-0.3, -0.25) is 4.79 Å². The summed E-state index contributed by atoms with van der Waals surface area (Å²) in [7, 11) is 0. The Labute approximate surface area is 137 Å². The van der Waals surface area contributed by atoms with E-state index in [4.69, 9.17) is 10.5 Å². The van der Waals surface area contributed by atoms with Gasteiger partial charge in [0.25, 0.3) is 5.91 Å². The van der Waals surface area contributed by atoms with Crippen molar-refractivity contribution in [3.8, 4) is 5.75 Å². The molecule has 0 spiro atoms. The number of para-hydroxylation sites is 1. The van der Waals surface area contributed by atoms with E-state index in [-0.39, 0.29) is 11.5 Å². The molecule has 0 unspecified atom stereocenters. The standard InChI is InChI=1S/C19H24N2O2/c1-19(2,3)23-17-7-5-4-6-16(17)13-21-18(22)15-10-8-14(12-20)9-11-15/h4-11H,12-13,20H2,1-3H3,(H,21,22). The smallest absolute Gasteiger partial charge is 0.251 e. The third-order valence-electron chi connectivity index (χ3n) is 3.28. The van der Waals surface area contributed by atoms with Gasteiger partial charge in [-0.2, -0.15) is 0 Å². The molecule has 2 aromatic carbocycles. The van der Waals surface area contributed by atoms with Gasteiger partial charge in [-0.05, 0) is 44.5 Å². The largest absolute Gasteiger partial charge is 0.488 e. The van der Waals surface area contributed by atoms with Gasteiger partial charge >= 0.3 is 0 Å². The summed E-state index contributed by atoms with van der Waals surface area (Å²) in [4.78, 5) is 12.2. The Hall–Kier alpha value is -2.33. The molecule has 0 bridgehead atoms. The van der Waals surface area contributed by atoms with E-state index in [9.17, 15) is 4.79 Å². The van der Waals surface area contributed by atoms with Crippen LogP contribution in [-0.4, -0.2) is 11.5 Å². The summed E-state index contributed by atoms with van der Waals surface area (Å²) in [5.74, 6) is 0.679. The number of amides is 1. The summed E-state index contributed by atoms with van der Waals surface area (Å²) in [6.07, 6.45) is 0.